The van der Waals surface area contributed by atoms with Crippen LogP contribution in [0.4, 0.5) is 0 Å². The van der Waals surface area contributed by atoms with Crippen LogP contribution in [0.15, 0.2) is 36.4 Å². The molecule has 0 saturated heterocycles. The summed E-state index contributed by atoms with van der Waals surface area (Å²) in [5, 5.41) is 40.0. The van der Waals surface area contributed by atoms with Crippen molar-refractivity contribution in [3.63, 3.8) is 0 Å². The smallest absolute Gasteiger partial charge is 0.0724 e. The molecule has 4 N–H and O–H groups in total. The number of hydrogen-bond acceptors (Lipinski definition) is 5. The lowest BCUT2D eigenvalue weighted by Crippen LogP contribution is -2.20. The molecule has 0 amide bonds. The fourth-order valence-electron chi connectivity index (χ4n) is 4.02. The molecule has 1 aliphatic rings. The number of unbranched alkanes of at least 4 members (excludes halogenated alkanes) is 1. The van der Waals surface area contributed by atoms with Crippen molar-refractivity contribution >= 4 is 11.3 Å². The molecule has 0 spiro atoms. The second kappa shape index (κ2) is 12.7. The van der Waals surface area contributed by atoms with E-state index in [1.54, 1.807) is 17.4 Å². The molecule has 1 aromatic heterocycles. The van der Waals surface area contributed by atoms with Crippen LogP contribution in [0, 0.1) is 24.7 Å². The van der Waals surface area contributed by atoms with Gasteiger partial charge >= 0.3 is 0 Å². The van der Waals surface area contributed by atoms with Gasteiger partial charge in [-0.1, -0.05) is 31.2 Å². The van der Waals surface area contributed by atoms with E-state index in [1.807, 2.05) is 13.0 Å². The van der Waals surface area contributed by atoms with Gasteiger partial charge in [0.2, 0.25) is 0 Å². The van der Waals surface area contributed by atoms with Gasteiger partial charge in [0.15, 0.2) is 0 Å². The summed E-state index contributed by atoms with van der Waals surface area (Å²) in [5.41, 5.74) is 0. The van der Waals surface area contributed by atoms with Gasteiger partial charge in [-0.15, -0.1) is 11.3 Å². The van der Waals surface area contributed by atoms with Crippen molar-refractivity contribution in [3.8, 4) is 0 Å². The molecule has 1 aliphatic carbocycles. The van der Waals surface area contributed by atoms with E-state index in [0.717, 1.165) is 32.1 Å². The lowest BCUT2D eigenvalue weighted by Gasteiger charge is -2.19. The van der Waals surface area contributed by atoms with Crippen molar-refractivity contribution in [2.24, 2.45) is 17.8 Å². The molecule has 0 bridgehead atoms. The highest BCUT2D eigenvalue weighted by Crippen LogP contribution is 2.36. The molecule has 164 valence electrons. The van der Waals surface area contributed by atoms with Crippen LogP contribution in [0.2, 0.25) is 0 Å². The summed E-state index contributed by atoms with van der Waals surface area (Å²) < 4.78 is 0. The predicted molar refractivity (Wildman–Crippen MR) is 120 cm³/mol. The highest BCUT2D eigenvalue weighted by Gasteiger charge is 2.39. The van der Waals surface area contributed by atoms with Gasteiger partial charge in [0.05, 0.1) is 18.3 Å². The first-order valence-electron chi connectivity index (χ1n) is 10.9. The normalized spacial score (nSPS) is 27.2. The Kier molecular flexibility index (Phi) is 10.6. The van der Waals surface area contributed by atoms with Crippen molar-refractivity contribution in [3.05, 3.63) is 46.2 Å². The van der Waals surface area contributed by atoms with Crippen LogP contribution in [-0.2, 0) is 6.42 Å². The summed E-state index contributed by atoms with van der Waals surface area (Å²) >= 11 is 1.76. The summed E-state index contributed by atoms with van der Waals surface area (Å²) in [4.78, 5) is 2.56. The number of hydrogen-bond donors (Lipinski definition) is 4. The zero-order chi connectivity index (χ0) is 21.2. The minimum atomic E-state index is -0.558. The largest absolute Gasteiger partial charge is 0.396 e. The van der Waals surface area contributed by atoms with Gasteiger partial charge in [-0.25, -0.2) is 0 Å². The van der Waals surface area contributed by atoms with Crippen LogP contribution in [-0.4, -0.2) is 45.3 Å². The minimum absolute atomic E-state index is 0.0130. The third-order valence-electron chi connectivity index (χ3n) is 5.91. The maximum atomic E-state index is 10.3. The maximum absolute atomic E-state index is 10.3. The molecule has 1 aromatic rings. The van der Waals surface area contributed by atoms with E-state index >= 15 is 0 Å². The summed E-state index contributed by atoms with van der Waals surface area (Å²) in [6, 6.07) is 4.21. The van der Waals surface area contributed by atoms with Crippen LogP contribution in [0.3, 0.4) is 0 Å². The predicted octanol–water partition coefficient (Wildman–Crippen LogP) is 4.01. The highest BCUT2D eigenvalue weighted by atomic mass is 32.1. The number of aryl methyl sites for hydroxylation is 2. The zero-order valence-corrected chi connectivity index (χ0v) is 18.6. The van der Waals surface area contributed by atoms with Crippen molar-refractivity contribution in [1.82, 2.24) is 0 Å². The van der Waals surface area contributed by atoms with Gasteiger partial charge in [0.25, 0.3) is 0 Å². The van der Waals surface area contributed by atoms with Gasteiger partial charge in [0.1, 0.15) is 0 Å². The van der Waals surface area contributed by atoms with Crippen molar-refractivity contribution in [2.75, 3.05) is 6.61 Å². The van der Waals surface area contributed by atoms with E-state index in [9.17, 15) is 15.3 Å². The van der Waals surface area contributed by atoms with E-state index in [0.29, 0.717) is 18.8 Å². The second-order valence-corrected chi connectivity index (χ2v) is 9.91. The van der Waals surface area contributed by atoms with Crippen molar-refractivity contribution in [2.45, 2.75) is 77.1 Å². The number of allylic oxidation sites excluding steroid dienone is 2. The van der Waals surface area contributed by atoms with Crippen LogP contribution in [0.5, 0.6) is 0 Å². The summed E-state index contributed by atoms with van der Waals surface area (Å²) in [6.45, 7) is 4.37. The molecular formula is C24H38O4S. The van der Waals surface area contributed by atoms with Crippen molar-refractivity contribution < 1.29 is 20.4 Å². The number of thiophene rings is 1. The number of rotatable bonds is 12. The fourth-order valence-corrected chi connectivity index (χ4v) is 4.92. The molecule has 1 saturated carbocycles. The molecule has 1 heterocycles. The van der Waals surface area contributed by atoms with Crippen LogP contribution >= 0.6 is 11.3 Å². The molecule has 2 rings (SSSR count). The number of aliphatic hydroxyl groups excluding tert-OH is 4. The van der Waals surface area contributed by atoms with E-state index < -0.39 is 18.3 Å². The summed E-state index contributed by atoms with van der Waals surface area (Å²) in [7, 11) is 0. The lowest BCUT2D eigenvalue weighted by atomic mass is 9.89. The van der Waals surface area contributed by atoms with E-state index in [-0.39, 0.29) is 18.4 Å². The third kappa shape index (κ3) is 8.35. The molecular weight excluding hydrogens is 384 g/mol. The van der Waals surface area contributed by atoms with Gasteiger partial charge in [0, 0.05) is 28.7 Å². The topological polar surface area (TPSA) is 80.9 Å². The Morgan fingerprint density at radius 1 is 1.17 bits per heavy atom. The molecule has 5 heteroatoms. The molecule has 1 fully saturated rings. The van der Waals surface area contributed by atoms with Gasteiger partial charge in [-0.3, -0.25) is 0 Å². The second-order valence-electron chi connectivity index (χ2n) is 8.54. The Labute approximate surface area is 179 Å². The molecule has 0 aromatic carbocycles. The number of aliphatic hydroxyl groups is 4. The quantitative estimate of drug-likeness (QED) is 0.303. The Morgan fingerprint density at radius 2 is 1.97 bits per heavy atom. The van der Waals surface area contributed by atoms with Crippen LogP contribution in [0.25, 0.3) is 0 Å². The van der Waals surface area contributed by atoms with E-state index in [2.05, 4.69) is 31.2 Å². The Bertz CT molecular complexity index is 639. The van der Waals surface area contributed by atoms with E-state index in [1.165, 1.54) is 9.75 Å². The summed E-state index contributed by atoms with van der Waals surface area (Å²) in [5.74, 6) is 0.212. The first-order chi connectivity index (χ1) is 13.9. The Balaban J connectivity index is 1.79. The zero-order valence-electron chi connectivity index (χ0n) is 17.8. The van der Waals surface area contributed by atoms with Gasteiger partial charge in [-0.05, 0) is 69.4 Å². The first-order valence-corrected chi connectivity index (χ1v) is 11.8. The average Bonchev–Trinajstić information content (AvgIpc) is 3.23. The van der Waals surface area contributed by atoms with Crippen LogP contribution in [0.1, 0.15) is 55.2 Å². The summed E-state index contributed by atoms with van der Waals surface area (Å²) in [6.07, 6.45) is 12.0. The average molecular weight is 423 g/mol. The van der Waals surface area contributed by atoms with Crippen LogP contribution < -0.4 is 0 Å². The highest BCUT2D eigenvalue weighted by molar-refractivity contribution is 7.11. The standard InChI is InChI=1S/C24H38O4S/c1-17(16-25)7-5-3-4-6-8-21-22(24(28)15-23(21)27)14-11-19(26)10-13-20-12-9-18(2)29-20/h4,6,9,11-12,14,17,19,21-28H,3,5,7-8,10,13,15-16H2,1-2H3/b6-4-,14-11+/t17-,19+,21-,22-,23+,24-/m1/s1. The third-order valence-corrected chi connectivity index (χ3v) is 6.97. The monoisotopic (exact) mass is 422 g/mol. The van der Waals surface area contributed by atoms with Crippen molar-refractivity contribution in [1.29, 1.82) is 0 Å². The molecule has 0 unspecified atom stereocenters. The Morgan fingerprint density at radius 3 is 2.66 bits per heavy atom. The Hall–Kier alpha value is -0.980. The van der Waals surface area contributed by atoms with Gasteiger partial charge < -0.3 is 20.4 Å². The SMILES string of the molecule is Cc1ccc(CC[C@H](O)/C=C/[C@@H]2[C@@H](C/C=C\CCC[C@@H](C)CO)[C@@H](O)C[C@H]2O)s1. The minimum Gasteiger partial charge on any atom is -0.396 e. The lowest BCUT2D eigenvalue weighted by molar-refractivity contribution is 0.120. The first kappa shape index (κ1) is 24.3. The molecule has 0 aliphatic heterocycles. The maximum Gasteiger partial charge on any atom is 0.0724 e. The van der Waals surface area contributed by atoms with E-state index in [4.69, 9.17) is 5.11 Å². The van der Waals surface area contributed by atoms with Gasteiger partial charge in [-0.2, -0.15) is 0 Å². The fraction of sp³-hybridized carbons (Fsp3) is 0.667. The molecule has 4 nitrogen and oxygen atoms in total. The molecule has 29 heavy (non-hydrogen) atoms. The molecule has 0 radical (unpaired) electrons. The molecule has 6 atom stereocenters.